The fourth-order valence-electron chi connectivity index (χ4n) is 2.31. The molecule has 94 valence electrons. The lowest BCUT2D eigenvalue weighted by Gasteiger charge is -2.15. The van der Waals surface area contributed by atoms with Crippen LogP contribution in [-0.2, 0) is 0 Å². The first-order valence-corrected chi connectivity index (χ1v) is 6.45. The number of nitrogens with two attached hydrogens (primary N) is 1. The Morgan fingerprint density at radius 2 is 2.24 bits per heavy atom. The molecule has 1 aliphatic heterocycles. The number of hydrogen-bond acceptors (Lipinski definition) is 3. The van der Waals surface area contributed by atoms with Crippen LogP contribution in [0.4, 0.5) is 5.69 Å². The zero-order valence-electron chi connectivity index (χ0n) is 10.6. The van der Waals surface area contributed by atoms with Crippen LogP contribution in [0.25, 0.3) is 0 Å². The highest BCUT2D eigenvalue weighted by molar-refractivity contribution is 5.51. The molecule has 0 amide bonds. The Morgan fingerprint density at radius 3 is 2.94 bits per heavy atom. The second-order valence-corrected chi connectivity index (χ2v) is 4.93. The molecule has 1 atom stereocenters. The third-order valence-corrected chi connectivity index (χ3v) is 3.30. The van der Waals surface area contributed by atoms with Crippen molar-refractivity contribution in [2.75, 3.05) is 32.0 Å². The van der Waals surface area contributed by atoms with Gasteiger partial charge in [-0.05, 0) is 37.4 Å². The number of hydrogen-bond donors (Lipinski definition) is 1. The van der Waals surface area contributed by atoms with Crippen molar-refractivity contribution in [3.8, 4) is 5.75 Å². The Labute approximate surface area is 104 Å². The van der Waals surface area contributed by atoms with Gasteiger partial charge in [0, 0.05) is 13.1 Å². The van der Waals surface area contributed by atoms with Crippen LogP contribution in [0, 0.1) is 5.92 Å². The molecule has 0 aromatic heterocycles. The lowest BCUT2D eigenvalue weighted by atomic mass is 10.2. The summed E-state index contributed by atoms with van der Waals surface area (Å²) in [6.07, 6.45) is 2.41. The largest absolute Gasteiger partial charge is 0.491 e. The first-order chi connectivity index (χ1) is 8.25. The van der Waals surface area contributed by atoms with Crippen LogP contribution in [0.5, 0.6) is 5.75 Å². The molecule has 3 nitrogen and oxygen atoms in total. The predicted octanol–water partition coefficient (Wildman–Crippen LogP) is 2.38. The number of anilines is 1. The Morgan fingerprint density at radius 1 is 1.41 bits per heavy atom. The van der Waals surface area contributed by atoms with Crippen LogP contribution in [0.2, 0.25) is 0 Å². The quantitative estimate of drug-likeness (QED) is 0.628. The average molecular weight is 234 g/mol. The first-order valence-electron chi connectivity index (χ1n) is 6.45. The fraction of sp³-hybridized carbons (Fsp3) is 0.571. The number of ether oxygens (including phenoxy) is 1. The molecule has 0 saturated carbocycles. The summed E-state index contributed by atoms with van der Waals surface area (Å²) >= 11 is 0. The highest BCUT2D eigenvalue weighted by Gasteiger charge is 2.17. The van der Waals surface area contributed by atoms with Gasteiger partial charge in [-0.2, -0.15) is 0 Å². The van der Waals surface area contributed by atoms with E-state index in [4.69, 9.17) is 10.5 Å². The van der Waals surface area contributed by atoms with Gasteiger partial charge in [0.25, 0.3) is 0 Å². The molecule has 0 bridgehead atoms. The lowest BCUT2D eigenvalue weighted by Crippen LogP contribution is -2.23. The molecule has 2 rings (SSSR count). The zero-order chi connectivity index (χ0) is 12.1. The maximum Gasteiger partial charge on any atom is 0.142 e. The number of rotatable bonds is 5. The molecule has 0 aliphatic carbocycles. The second kappa shape index (κ2) is 5.92. The van der Waals surface area contributed by atoms with Gasteiger partial charge in [-0.15, -0.1) is 0 Å². The predicted molar refractivity (Wildman–Crippen MR) is 71.2 cm³/mol. The van der Waals surface area contributed by atoms with Crippen molar-refractivity contribution in [3.63, 3.8) is 0 Å². The average Bonchev–Trinajstić information content (AvgIpc) is 2.73. The molecule has 1 aromatic rings. The third-order valence-electron chi connectivity index (χ3n) is 3.30. The number of para-hydroxylation sites is 2. The molecule has 1 heterocycles. The molecule has 17 heavy (non-hydrogen) atoms. The van der Waals surface area contributed by atoms with Gasteiger partial charge in [-0.25, -0.2) is 0 Å². The van der Waals surface area contributed by atoms with Gasteiger partial charge in [0.05, 0.1) is 12.3 Å². The van der Waals surface area contributed by atoms with E-state index in [2.05, 4.69) is 11.8 Å². The molecule has 2 N–H and O–H groups in total. The van der Waals surface area contributed by atoms with Crippen LogP contribution < -0.4 is 10.5 Å². The molecular weight excluding hydrogens is 212 g/mol. The van der Waals surface area contributed by atoms with Gasteiger partial charge in [-0.3, -0.25) is 0 Å². The van der Waals surface area contributed by atoms with Crippen molar-refractivity contribution in [1.29, 1.82) is 0 Å². The van der Waals surface area contributed by atoms with Gasteiger partial charge in [0.15, 0.2) is 0 Å². The molecule has 1 saturated heterocycles. The van der Waals surface area contributed by atoms with E-state index in [-0.39, 0.29) is 0 Å². The van der Waals surface area contributed by atoms with E-state index in [9.17, 15) is 0 Å². The molecule has 0 spiro atoms. The van der Waals surface area contributed by atoms with Crippen LogP contribution in [0.1, 0.15) is 19.8 Å². The molecule has 1 fully saturated rings. The topological polar surface area (TPSA) is 38.5 Å². The Balaban J connectivity index is 1.65. The van der Waals surface area contributed by atoms with Crippen molar-refractivity contribution >= 4 is 5.69 Å². The van der Waals surface area contributed by atoms with E-state index in [1.54, 1.807) is 0 Å². The zero-order valence-corrected chi connectivity index (χ0v) is 10.6. The van der Waals surface area contributed by atoms with E-state index < -0.39 is 0 Å². The minimum Gasteiger partial charge on any atom is -0.491 e. The summed E-state index contributed by atoms with van der Waals surface area (Å²) in [6.45, 7) is 6.69. The van der Waals surface area contributed by atoms with Crippen LogP contribution in [0.3, 0.4) is 0 Å². The summed E-state index contributed by atoms with van der Waals surface area (Å²) in [5.41, 5.74) is 6.53. The molecular formula is C14H22N2O. The van der Waals surface area contributed by atoms with Gasteiger partial charge >= 0.3 is 0 Å². The number of benzene rings is 1. The summed E-state index contributed by atoms with van der Waals surface area (Å²) in [4.78, 5) is 2.52. The molecule has 3 heteroatoms. The summed E-state index contributed by atoms with van der Waals surface area (Å²) < 4.78 is 5.67. The van der Waals surface area contributed by atoms with Crippen molar-refractivity contribution in [2.24, 2.45) is 5.92 Å². The fourth-order valence-corrected chi connectivity index (χ4v) is 2.31. The number of likely N-dealkylation sites (tertiary alicyclic amines) is 1. The van der Waals surface area contributed by atoms with Crippen LogP contribution in [-0.4, -0.2) is 31.1 Å². The van der Waals surface area contributed by atoms with E-state index in [1.807, 2.05) is 24.3 Å². The van der Waals surface area contributed by atoms with Gasteiger partial charge in [0.1, 0.15) is 5.75 Å². The third kappa shape index (κ3) is 3.63. The lowest BCUT2D eigenvalue weighted by molar-refractivity contribution is 0.260. The van der Waals surface area contributed by atoms with E-state index in [0.29, 0.717) is 0 Å². The van der Waals surface area contributed by atoms with Crippen LogP contribution in [0.15, 0.2) is 24.3 Å². The van der Waals surface area contributed by atoms with Crippen molar-refractivity contribution in [1.82, 2.24) is 4.90 Å². The van der Waals surface area contributed by atoms with Gasteiger partial charge in [-0.1, -0.05) is 19.1 Å². The maximum atomic E-state index is 5.81. The number of nitrogens with zero attached hydrogens (tertiary/aromatic N) is 1. The van der Waals surface area contributed by atoms with Gasteiger partial charge in [0.2, 0.25) is 0 Å². The molecule has 0 radical (unpaired) electrons. The van der Waals surface area contributed by atoms with Crippen molar-refractivity contribution < 1.29 is 4.74 Å². The highest BCUT2D eigenvalue weighted by atomic mass is 16.5. The standard InChI is InChI=1S/C14H22N2O/c1-12-7-9-16(11-12)8-4-10-17-14-6-3-2-5-13(14)15/h2-3,5-6,12H,4,7-11,15H2,1H3. The van der Waals surface area contributed by atoms with Crippen molar-refractivity contribution in [2.45, 2.75) is 19.8 Å². The minimum atomic E-state index is 0.724. The molecule has 1 aromatic carbocycles. The smallest absolute Gasteiger partial charge is 0.142 e. The monoisotopic (exact) mass is 234 g/mol. The highest BCUT2D eigenvalue weighted by Crippen LogP contribution is 2.20. The Kier molecular flexibility index (Phi) is 4.26. The minimum absolute atomic E-state index is 0.724. The van der Waals surface area contributed by atoms with E-state index in [0.717, 1.165) is 36.9 Å². The second-order valence-electron chi connectivity index (χ2n) is 4.93. The Bertz CT molecular complexity index is 354. The first kappa shape index (κ1) is 12.2. The normalized spacial score (nSPS) is 20.6. The van der Waals surface area contributed by atoms with E-state index in [1.165, 1.54) is 19.5 Å². The molecule has 1 unspecified atom stereocenters. The SMILES string of the molecule is CC1CCN(CCCOc2ccccc2N)C1. The van der Waals surface area contributed by atoms with Crippen molar-refractivity contribution in [3.05, 3.63) is 24.3 Å². The van der Waals surface area contributed by atoms with Gasteiger partial charge < -0.3 is 15.4 Å². The van der Waals surface area contributed by atoms with E-state index >= 15 is 0 Å². The van der Waals surface area contributed by atoms with Crippen LogP contribution >= 0.6 is 0 Å². The summed E-state index contributed by atoms with van der Waals surface area (Å²) in [5, 5.41) is 0. The number of nitrogen functional groups attached to an aromatic ring is 1. The summed E-state index contributed by atoms with van der Waals surface area (Å²) in [6, 6.07) is 7.67. The summed E-state index contributed by atoms with van der Waals surface area (Å²) in [7, 11) is 0. The molecule has 1 aliphatic rings. The maximum absolute atomic E-state index is 5.81. The summed E-state index contributed by atoms with van der Waals surface area (Å²) in [5.74, 6) is 1.67. The Hall–Kier alpha value is -1.22.